The fourth-order valence-electron chi connectivity index (χ4n) is 2.32. The number of ether oxygens (including phenoxy) is 1. The van der Waals surface area contributed by atoms with Gasteiger partial charge in [0.25, 0.3) is 0 Å². The largest absolute Gasteiger partial charge is 0.493 e. The van der Waals surface area contributed by atoms with Gasteiger partial charge in [-0.05, 0) is 30.2 Å². The topological polar surface area (TPSA) is 53.1 Å². The maximum atomic E-state index is 5.73. The molecule has 0 saturated heterocycles. The van der Waals surface area contributed by atoms with Crippen molar-refractivity contribution in [3.8, 4) is 17.3 Å². The average Bonchev–Trinajstić information content (AvgIpc) is 3.22. The van der Waals surface area contributed by atoms with Gasteiger partial charge in [0.05, 0.1) is 12.9 Å². The Kier molecular flexibility index (Phi) is 5.59. The van der Waals surface area contributed by atoms with Crippen molar-refractivity contribution in [3.05, 3.63) is 48.7 Å². The molecule has 0 spiro atoms. The monoisotopic (exact) mass is 343 g/mol. The third kappa shape index (κ3) is 4.20. The van der Waals surface area contributed by atoms with Crippen LogP contribution in [0.4, 0.5) is 0 Å². The van der Waals surface area contributed by atoms with Gasteiger partial charge >= 0.3 is 0 Å². The molecule has 0 aliphatic rings. The van der Waals surface area contributed by atoms with E-state index >= 15 is 0 Å². The predicted molar refractivity (Wildman–Crippen MR) is 95.2 cm³/mol. The van der Waals surface area contributed by atoms with Gasteiger partial charge < -0.3 is 9.15 Å². The van der Waals surface area contributed by atoms with Crippen molar-refractivity contribution < 1.29 is 9.15 Å². The maximum absolute atomic E-state index is 5.73. The number of furan rings is 1. The lowest BCUT2D eigenvalue weighted by Gasteiger charge is -2.11. The Bertz CT molecular complexity index is 739. The Labute approximate surface area is 146 Å². The first kappa shape index (κ1) is 16.6. The van der Waals surface area contributed by atoms with Crippen molar-refractivity contribution in [2.24, 2.45) is 5.92 Å². The summed E-state index contributed by atoms with van der Waals surface area (Å²) < 4.78 is 13.3. The second kappa shape index (κ2) is 8.06. The second-order valence-corrected chi connectivity index (χ2v) is 6.86. The molecule has 3 aromatic rings. The summed E-state index contributed by atoms with van der Waals surface area (Å²) in [4.78, 5) is 0. The highest BCUT2D eigenvalue weighted by atomic mass is 32.2. The van der Waals surface area contributed by atoms with E-state index in [-0.39, 0.29) is 0 Å². The van der Waals surface area contributed by atoms with Gasteiger partial charge in [0, 0.05) is 12.3 Å². The van der Waals surface area contributed by atoms with Crippen molar-refractivity contribution in [2.75, 3.05) is 12.4 Å². The Balaban J connectivity index is 1.64. The Morgan fingerprint density at radius 3 is 2.67 bits per heavy atom. The van der Waals surface area contributed by atoms with Crippen LogP contribution in [0.25, 0.3) is 11.6 Å². The zero-order chi connectivity index (χ0) is 16.8. The molecular weight excluding hydrogens is 322 g/mol. The minimum atomic E-state index is 0.495. The number of nitrogens with zero attached hydrogens (tertiary/aromatic N) is 3. The molecule has 0 unspecified atom stereocenters. The van der Waals surface area contributed by atoms with Gasteiger partial charge in [-0.3, -0.25) is 4.57 Å². The van der Waals surface area contributed by atoms with Gasteiger partial charge in [-0.15, -0.1) is 10.2 Å². The molecule has 0 fully saturated rings. The summed E-state index contributed by atoms with van der Waals surface area (Å²) in [7, 11) is 0. The van der Waals surface area contributed by atoms with Crippen molar-refractivity contribution in [3.63, 3.8) is 0 Å². The predicted octanol–water partition coefficient (Wildman–Crippen LogP) is 4.37. The normalized spacial score (nSPS) is 11.1. The number of aromatic nitrogens is 3. The summed E-state index contributed by atoms with van der Waals surface area (Å²) in [5.74, 6) is 3.71. The Hall–Kier alpha value is -2.21. The van der Waals surface area contributed by atoms with Crippen molar-refractivity contribution in [1.29, 1.82) is 0 Å². The van der Waals surface area contributed by atoms with E-state index in [1.165, 1.54) is 0 Å². The fourth-order valence-corrected chi connectivity index (χ4v) is 3.09. The molecule has 0 aliphatic carbocycles. The first-order valence-corrected chi connectivity index (χ1v) is 9.00. The Morgan fingerprint density at radius 2 is 1.96 bits per heavy atom. The number of rotatable bonds is 8. The average molecular weight is 343 g/mol. The minimum absolute atomic E-state index is 0.495. The molecule has 0 radical (unpaired) electrons. The molecule has 6 heteroatoms. The number of hydrogen-bond acceptors (Lipinski definition) is 5. The van der Waals surface area contributed by atoms with Crippen LogP contribution in [0.3, 0.4) is 0 Å². The molecule has 24 heavy (non-hydrogen) atoms. The zero-order valence-corrected chi connectivity index (χ0v) is 14.7. The van der Waals surface area contributed by atoms with Crippen LogP contribution in [0.2, 0.25) is 0 Å². The molecule has 0 atom stereocenters. The van der Waals surface area contributed by atoms with Gasteiger partial charge in [-0.2, -0.15) is 0 Å². The number of para-hydroxylation sites is 1. The summed E-state index contributed by atoms with van der Waals surface area (Å²) in [6.07, 6.45) is 1.66. The second-order valence-electron chi connectivity index (χ2n) is 5.80. The van der Waals surface area contributed by atoms with Crippen molar-refractivity contribution in [2.45, 2.75) is 25.5 Å². The summed E-state index contributed by atoms with van der Waals surface area (Å²) in [5, 5.41) is 9.53. The first-order valence-electron chi connectivity index (χ1n) is 8.02. The van der Waals surface area contributed by atoms with Crippen LogP contribution < -0.4 is 4.74 Å². The molecule has 0 saturated carbocycles. The maximum Gasteiger partial charge on any atom is 0.200 e. The molecule has 1 aromatic carbocycles. The minimum Gasteiger partial charge on any atom is -0.493 e. The highest BCUT2D eigenvalue weighted by molar-refractivity contribution is 7.99. The summed E-state index contributed by atoms with van der Waals surface area (Å²) in [5.41, 5.74) is 0. The van der Waals surface area contributed by atoms with Crippen LogP contribution in [0.15, 0.2) is 58.3 Å². The van der Waals surface area contributed by atoms with E-state index < -0.39 is 0 Å². The van der Waals surface area contributed by atoms with Crippen molar-refractivity contribution in [1.82, 2.24) is 14.8 Å². The molecule has 0 bridgehead atoms. The van der Waals surface area contributed by atoms with E-state index in [0.29, 0.717) is 12.5 Å². The molecule has 5 nitrogen and oxygen atoms in total. The SMILES string of the molecule is CC(C)Cn1c(SCCOc2ccccc2)nnc1-c1ccco1. The van der Waals surface area contributed by atoms with E-state index in [1.54, 1.807) is 18.0 Å². The molecule has 2 heterocycles. The molecule has 2 aromatic heterocycles. The summed E-state index contributed by atoms with van der Waals surface area (Å²) >= 11 is 1.65. The lowest BCUT2D eigenvalue weighted by Crippen LogP contribution is -2.08. The fraction of sp³-hybridized carbons (Fsp3) is 0.333. The van der Waals surface area contributed by atoms with Gasteiger partial charge in [0.15, 0.2) is 16.7 Å². The van der Waals surface area contributed by atoms with Crippen molar-refractivity contribution >= 4 is 11.8 Å². The van der Waals surface area contributed by atoms with Gasteiger partial charge in [0.1, 0.15) is 5.75 Å². The van der Waals surface area contributed by atoms with Gasteiger partial charge in [0.2, 0.25) is 0 Å². The zero-order valence-electron chi connectivity index (χ0n) is 13.9. The van der Waals surface area contributed by atoms with Crippen LogP contribution in [0, 0.1) is 5.92 Å². The van der Waals surface area contributed by atoms with Crippen LogP contribution >= 0.6 is 11.8 Å². The number of benzene rings is 1. The van der Waals surface area contributed by atoms with E-state index in [4.69, 9.17) is 9.15 Å². The highest BCUT2D eigenvalue weighted by Crippen LogP contribution is 2.25. The third-order valence-electron chi connectivity index (χ3n) is 3.33. The summed E-state index contributed by atoms with van der Waals surface area (Å²) in [6, 6.07) is 13.6. The van der Waals surface area contributed by atoms with E-state index in [0.717, 1.165) is 34.8 Å². The highest BCUT2D eigenvalue weighted by Gasteiger charge is 2.17. The van der Waals surface area contributed by atoms with Gasteiger partial charge in [-0.25, -0.2) is 0 Å². The van der Waals surface area contributed by atoms with Crippen LogP contribution in [-0.4, -0.2) is 27.1 Å². The van der Waals surface area contributed by atoms with Crippen LogP contribution in [-0.2, 0) is 6.54 Å². The molecule has 0 amide bonds. The lowest BCUT2D eigenvalue weighted by molar-refractivity contribution is 0.343. The van der Waals surface area contributed by atoms with E-state index in [2.05, 4.69) is 28.6 Å². The first-order chi connectivity index (χ1) is 11.7. The molecule has 0 aliphatic heterocycles. The van der Waals surface area contributed by atoms with Crippen LogP contribution in [0.5, 0.6) is 5.75 Å². The molecular formula is C18H21N3O2S. The van der Waals surface area contributed by atoms with Crippen LogP contribution in [0.1, 0.15) is 13.8 Å². The van der Waals surface area contributed by atoms with E-state index in [9.17, 15) is 0 Å². The number of thioether (sulfide) groups is 1. The molecule has 3 rings (SSSR count). The lowest BCUT2D eigenvalue weighted by atomic mass is 10.2. The Morgan fingerprint density at radius 1 is 1.12 bits per heavy atom. The van der Waals surface area contributed by atoms with E-state index in [1.807, 2.05) is 42.5 Å². The molecule has 0 N–H and O–H groups in total. The quantitative estimate of drug-likeness (QED) is 0.449. The number of hydrogen-bond donors (Lipinski definition) is 0. The van der Waals surface area contributed by atoms with Gasteiger partial charge in [-0.1, -0.05) is 43.8 Å². The smallest absolute Gasteiger partial charge is 0.200 e. The molecule has 126 valence electrons. The third-order valence-corrected chi connectivity index (χ3v) is 4.26. The summed E-state index contributed by atoms with van der Waals surface area (Å²) in [6.45, 7) is 5.84. The standard InChI is InChI=1S/C18H21N3O2S/c1-14(2)13-21-17(16-9-6-10-23-16)19-20-18(21)24-12-11-22-15-7-4-3-5-8-15/h3-10,14H,11-13H2,1-2H3.